The molecule has 0 spiro atoms. The molecule has 1 N–H and O–H groups in total. The fourth-order valence-electron chi connectivity index (χ4n) is 1.72. The summed E-state index contributed by atoms with van der Waals surface area (Å²) in [6, 6.07) is 6.26. The van der Waals surface area contributed by atoms with Crippen molar-refractivity contribution < 1.29 is 4.39 Å². The lowest BCUT2D eigenvalue weighted by Crippen LogP contribution is -2.03. The number of hydrogen-bond acceptors (Lipinski definition) is 3. The first kappa shape index (κ1) is 10.2. The van der Waals surface area contributed by atoms with Gasteiger partial charge in [-0.15, -0.1) is 11.3 Å². The Morgan fingerprint density at radius 1 is 1.35 bits per heavy atom. The Labute approximate surface area is 99.6 Å². The number of halogens is 1. The molecule has 0 bridgehead atoms. The Bertz CT molecular complexity index is 747. The molecule has 0 amide bonds. The maximum atomic E-state index is 13.2. The van der Waals surface area contributed by atoms with E-state index >= 15 is 0 Å². The van der Waals surface area contributed by atoms with Crippen LogP contribution in [0.3, 0.4) is 0 Å². The summed E-state index contributed by atoms with van der Waals surface area (Å²) in [5.41, 5.74) is 1.97. The van der Waals surface area contributed by atoms with Gasteiger partial charge in [-0.1, -0.05) is 12.1 Å². The SMILES string of the molecule is O=c1[nH]cnc2c(-c3cccc(F)c3)csc12. The standard InChI is InChI=1S/C12H7FN2OS/c13-8-3-1-2-7(4-8)9-5-17-11-10(9)14-6-15-12(11)16/h1-6H,(H,14,15,16). The second-order valence-electron chi connectivity index (χ2n) is 3.57. The Balaban J connectivity index is 2.32. The molecule has 3 aromatic rings. The predicted molar refractivity (Wildman–Crippen MR) is 65.6 cm³/mol. The minimum Gasteiger partial charge on any atom is -0.312 e. The van der Waals surface area contributed by atoms with Crippen molar-refractivity contribution in [2.75, 3.05) is 0 Å². The summed E-state index contributed by atoms with van der Waals surface area (Å²) in [7, 11) is 0. The van der Waals surface area contributed by atoms with E-state index in [0.29, 0.717) is 10.2 Å². The molecule has 0 aliphatic heterocycles. The number of nitrogens with zero attached hydrogens (tertiary/aromatic N) is 1. The topological polar surface area (TPSA) is 45.8 Å². The lowest BCUT2D eigenvalue weighted by molar-refractivity contribution is 0.628. The molecule has 0 radical (unpaired) electrons. The number of thiophene rings is 1. The summed E-state index contributed by atoms with van der Waals surface area (Å²) in [5.74, 6) is -0.299. The first-order valence-corrected chi connectivity index (χ1v) is 5.84. The van der Waals surface area contributed by atoms with Gasteiger partial charge in [-0.05, 0) is 17.7 Å². The zero-order chi connectivity index (χ0) is 11.8. The van der Waals surface area contributed by atoms with E-state index in [9.17, 15) is 9.18 Å². The maximum Gasteiger partial charge on any atom is 0.268 e. The van der Waals surface area contributed by atoms with E-state index in [0.717, 1.165) is 11.1 Å². The maximum absolute atomic E-state index is 13.2. The summed E-state index contributed by atoms with van der Waals surface area (Å²) >= 11 is 1.31. The molecular weight excluding hydrogens is 239 g/mol. The third-order valence-corrected chi connectivity index (χ3v) is 3.46. The van der Waals surface area contributed by atoms with Gasteiger partial charge in [0.05, 0.1) is 11.8 Å². The number of nitrogens with one attached hydrogen (secondary N) is 1. The summed E-state index contributed by atoms with van der Waals surface area (Å²) < 4.78 is 13.7. The minimum atomic E-state index is -0.299. The average molecular weight is 246 g/mol. The molecule has 5 heteroatoms. The molecule has 2 aromatic heterocycles. The first-order chi connectivity index (χ1) is 8.25. The van der Waals surface area contributed by atoms with Crippen molar-refractivity contribution in [1.29, 1.82) is 0 Å². The molecule has 0 atom stereocenters. The van der Waals surface area contributed by atoms with Crippen molar-refractivity contribution in [3.8, 4) is 11.1 Å². The van der Waals surface area contributed by atoms with Crippen LogP contribution in [0.5, 0.6) is 0 Å². The van der Waals surface area contributed by atoms with Crippen LogP contribution >= 0.6 is 11.3 Å². The van der Waals surface area contributed by atoms with Crippen LogP contribution in [0, 0.1) is 5.82 Å². The van der Waals surface area contributed by atoms with Gasteiger partial charge in [0, 0.05) is 10.9 Å². The van der Waals surface area contributed by atoms with Gasteiger partial charge in [0.1, 0.15) is 10.5 Å². The summed E-state index contributed by atoms with van der Waals surface area (Å²) in [4.78, 5) is 18.2. The molecule has 0 saturated heterocycles. The second kappa shape index (κ2) is 3.78. The van der Waals surface area contributed by atoms with Crippen LogP contribution in [0.15, 0.2) is 40.8 Å². The molecule has 2 heterocycles. The number of aromatic amines is 1. The van der Waals surface area contributed by atoms with E-state index in [4.69, 9.17) is 0 Å². The van der Waals surface area contributed by atoms with Crippen LogP contribution in [0.2, 0.25) is 0 Å². The number of H-pyrrole nitrogens is 1. The van der Waals surface area contributed by atoms with E-state index in [1.54, 1.807) is 12.1 Å². The van der Waals surface area contributed by atoms with E-state index < -0.39 is 0 Å². The fraction of sp³-hybridized carbons (Fsp3) is 0. The van der Waals surface area contributed by atoms with Crippen LogP contribution in [0.1, 0.15) is 0 Å². The molecule has 17 heavy (non-hydrogen) atoms. The highest BCUT2D eigenvalue weighted by molar-refractivity contribution is 7.17. The van der Waals surface area contributed by atoms with E-state index in [-0.39, 0.29) is 11.4 Å². The minimum absolute atomic E-state index is 0.164. The zero-order valence-electron chi connectivity index (χ0n) is 8.61. The summed E-state index contributed by atoms with van der Waals surface area (Å²) in [6.07, 6.45) is 1.36. The molecule has 0 unspecified atom stereocenters. The monoisotopic (exact) mass is 246 g/mol. The van der Waals surface area contributed by atoms with Crippen molar-refractivity contribution in [3.05, 3.63) is 52.1 Å². The zero-order valence-corrected chi connectivity index (χ0v) is 9.42. The van der Waals surface area contributed by atoms with E-state index in [1.807, 2.05) is 5.38 Å². The summed E-state index contributed by atoms with van der Waals surface area (Å²) in [5, 5.41) is 1.82. The molecule has 0 aliphatic carbocycles. The highest BCUT2D eigenvalue weighted by atomic mass is 32.1. The highest BCUT2D eigenvalue weighted by Gasteiger charge is 2.10. The van der Waals surface area contributed by atoms with Crippen LogP contribution in [-0.2, 0) is 0 Å². The van der Waals surface area contributed by atoms with Gasteiger partial charge in [0.15, 0.2) is 0 Å². The lowest BCUT2D eigenvalue weighted by Gasteiger charge is -1.98. The van der Waals surface area contributed by atoms with Gasteiger partial charge in [-0.3, -0.25) is 4.79 Å². The number of benzene rings is 1. The molecule has 0 saturated carbocycles. The number of aromatic nitrogens is 2. The fourth-order valence-corrected chi connectivity index (χ4v) is 2.65. The van der Waals surface area contributed by atoms with Crippen molar-refractivity contribution >= 4 is 21.6 Å². The smallest absolute Gasteiger partial charge is 0.268 e. The highest BCUT2D eigenvalue weighted by Crippen LogP contribution is 2.30. The Morgan fingerprint density at radius 2 is 2.24 bits per heavy atom. The van der Waals surface area contributed by atoms with Crippen molar-refractivity contribution in [2.24, 2.45) is 0 Å². The molecular formula is C12H7FN2OS. The number of fused-ring (bicyclic) bond motifs is 1. The van der Waals surface area contributed by atoms with Crippen molar-refractivity contribution in [1.82, 2.24) is 9.97 Å². The van der Waals surface area contributed by atoms with Crippen LogP contribution in [0.25, 0.3) is 21.3 Å². The number of rotatable bonds is 1. The Morgan fingerprint density at radius 3 is 3.06 bits per heavy atom. The second-order valence-corrected chi connectivity index (χ2v) is 4.45. The van der Waals surface area contributed by atoms with Crippen molar-refractivity contribution in [2.45, 2.75) is 0 Å². The molecule has 1 aromatic carbocycles. The van der Waals surface area contributed by atoms with Gasteiger partial charge in [-0.2, -0.15) is 0 Å². The predicted octanol–water partition coefficient (Wildman–Crippen LogP) is 2.79. The average Bonchev–Trinajstić information content (AvgIpc) is 2.74. The van der Waals surface area contributed by atoms with Gasteiger partial charge in [0.25, 0.3) is 5.56 Å². The molecule has 3 nitrogen and oxygen atoms in total. The van der Waals surface area contributed by atoms with Gasteiger partial charge < -0.3 is 4.98 Å². The van der Waals surface area contributed by atoms with E-state index in [2.05, 4.69) is 9.97 Å². The van der Waals surface area contributed by atoms with Gasteiger partial charge in [-0.25, -0.2) is 9.37 Å². The lowest BCUT2D eigenvalue weighted by atomic mass is 10.1. The van der Waals surface area contributed by atoms with E-state index in [1.165, 1.54) is 29.8 Å². The van der Waals surface area contributed by atoms with Crippen LogP contribution in [-0.4, -0.2) is 9.97 Å². The number of hydrogen-bond donors (Lipinski definition) is 1. The van der Waals surface area contributed by atoms with Crippen LogP contribution < -0.4 is 5.56 Å². The normalized spacial score (nSPS) is 10.9. The molecule has 84 valence electrons. The first-order valence-electron chi connectivity index (χ1n) is 4.96. The third-order valence-electron chi connectivity index (χ3n) is 2.50. The largest absolute Gasteiger partial charge is 0.312 e. The molecule has 0 aliphatic rings. The quantitative estimate of drug-likeness (QED) is 0.717. The van der Waals surface area contributed by atoms with Gasteiger partial charge in [0.2, 0.25) is 0 Å². The van der Waals surface area contributed by atoms with Crippen molar-refractivity contribution in [3.63, 3.8) is 0 Å². The molecule has 0 fully saturated rings. The van der Waals surface area contributed by atoms with Gasteiger partial charge >= 0.3 is 0 Å². The summed E-state index contributed by atoms with van der Waals surface area (Å²) in [6.45, 7) is 0. The molecule has 3 rings (SSSR count). The third kappa shape index (κ3) is 1.64. The Kier molecular flexibility index (Phi) is 2.26. The Hall–Kier alpha value is -2.01. The van der Waals surface area contributed by atoms with Crippen LogP contribution in [0.4, 0.5) is 4.39 Å².